The van der Waals surface area contributed by atoms with Gasteiger partial charge in [0.2, 0.25) is 0 Å². The van der Waals surface area contributed by atoms with Crippen LogP contribution in [0.5, 0.6) is 0 Å². The van der Waals surface area contributed by atoms with E-state index < -0.39 is 17.3 Å². The quantitative estimate of drug-likeness (QED) is 0.667. The first-order valence-electron chi connectivity index (χ1n) is 10.3. The largest absolute Gasteiger partial charge is 0.459 e. The van der Waals surface area contributed by atoms with Crippen LogP contribution < -0.4 is 0 Å². The molecule has 1 saturated carbocycles. The molecule has 0 aromatic heterocycles. The minimum atomic E-state index is -4.33. The first-order chi connectivity index (χ1) is 13.4. The Morgan fingerprint density at radius 3 is 2.45 bits per heavy atom. The Balaban J connectivity index is 1.68. The summed E-state index contributed by atoms with van der Waals surface area (Å²) in [7, 11) is 0. The zero-order chi connectivity index (χ0) is 21.4. The fourth-order valence-corrected chi connectivity index (χ4v) is 4.14. The molecule has 0 radical (unpaired) electrons. The van der Waals surface area contributed by atoms with Crippen molar-refractivity contribution in [2.24, 2.45) is 5.92 Å². The SMILES string of the molecule is CC1CN(C(c2cccc(C(F)(F)F)c2)C2CC2)CCN1CC(=O)OC(C)(C)C. The summed E-state index contributed by atoms with van der Waals surface area (Å²) in [5.41, 5.74) is -0.352. The Labute approximate surface area is 171 Å². The molecule has 1 aliphatic carbocycles. The summed E-state index contributed by atoms with van der Waals surface area (Å²) in [6.45, 7) is 9.99. The molecule has 4 nitrogen and oxygen atoms in total. The minimum Gasteiger partial charge on any atom is -0.459 e. The molecule has 2 unspecified atom stereocenters. The van der Waals surface area contributed by atoms with Crippen LogP contribution in [0.3, 0.4) is 0 Å². The van der Waals surface area contributed by atoms with Gasteiger partial charge in [0.1, 0.15) is 5.60 Å². The molecule has 29 heavy (non-hydrogen) atoms. The number of ether oxygens (including phenoxy) is 1. The first kappa shape index (κ1) is 22.1. The van der Waals surface area contributed by atoms with E-state index in [-0.39, 0.29) is 24.6 Å². The summed E-state index contributed by atoms with van der Waals surface area (Å²) < 4.78 is 45.0. The van der Waals surface area contributed by atoms with E-state index in [0.717, 1.165) is 37.6 Å². The highest BCUT2D eigenvalue weighted by molar-refractivity contribution is 5.72. The zero-order valence-corrected chi connectivity index (χ0v) is 17.6. The van der Waals surface area contributed by atoms with Gasteiger partial charge in [-0.3, -0.25) is 14.6 Å². The normalized spacial score (nSPS) is 23.1. The smallest absolute Gasteiger partial charge is 0.416 e. The lowest BCUT2D eigenvalue weighted by Gasteiger charge is -2.43. The van der Waals surface area contributed by atoms with E-state index in [1.165, 1.54) is 12.1 Å². The molecule has 7 heteroatoms. The maximum Gasteiger partial charge on any atom is 0.416 e. The molecule has 1 aliphatic heterocycles. The fourth-order valence-electron chi connectivity index (χ4n) is 4.14. The molecule has 1 aromatic carbocycles. The average molecular weight is 412 g/mol. The highest BCUT2D eigenvalue weighted by atomic mass is 19.4. The summed E-state index contributed by atoms with van der Waals surface area (Å²) in [6.07, 6.45) is -2.23. The van der Waals surface area contributed by atoms with Gasteiger partial charge in [-0.05, 0) is 64.2 Å². The molecule has 2 fully saturated rings. The van der Waals surface area contributed by atoms with Crippen molar-refractivity contribution >= 4 is 5.97 Å². The molecular weight excluding hydrogens is 381 g/mol. The summed E-state index contributed by atoms with van der Waals surface area (Å²) >= 11 is 0. The van der Waals surface area contributed by atoms with Gasteiger partial charge in [0.05, 0.1) is 12.1 Å². The van der Waals surface area contributed by atoms with Gasteiger partial charge >= 0.3 is 12.1 Å². The van der Waals surface area contributed by atoms with Gasteiger partial charge in [0, 0.05) is 31.7 Å². The molecule has 1 aromatic rings. The van der Waals surface area contributed by atoms with E-state index in [1.807, 2.05) is 26.8 Å². The highest BCUT2D eigenvalue weighted by Gasteiger charge is 2.40. The number of piperazine rings is 1. The van der Waals surface area contributed by atoms with Crippen LogP contribution in [0.25, 0.3) is 0 Å². The number of esters is 1. The van der Waals surface area contributed by atoms with Gasteiger partial charge in [-0.1, -0.05) is 12.1 Å². The third-order valence-electron chi connectivity index (χ3n) is 5.57. The summed E-state index contributed by atoms with van der Waals surface area (Å²) in [5.74, 6) is 0.164. The van der Waals surface area contributed by atoms with Crippen molar-refractivity contribution in [3.63, 3.8) is 0 Å². The molecule has 0 N–H and O–H groups in total. The van der Waals surface area contributed by atoms with Crippen LogP contribution >= 0.6 is 0 Å². The maximum absolute atomic E-state index is 13.2. The van der Waals surface area contributed by atoms with Crippen molar-refractivity contribution in [1.29, 1.82) is 0 Å². The monoisotopic (exact) mass is 412 g/mol. The van der Waals surface area contributed by atoms with E-state index in [4.69, 9.17) is 4.74 Å². The minimum absolute atomic E-state index is 0.00317. The van der Waals surface area contributed by atoms with Crippen molar-refractivity contribution < 1.29 is 22.7 Å². The lowest BCUT2D eigenvalue weighted by atomic mass is 9.96. The fraction of sp³-hybridized carbons (Fsp3) is 0.682. The van der Waals surface area contributed by atoms with Gasteiger partial charge in [-0.2, -0.15) is 13.2 Å². The van der Waals surface area contributed by atoms with Crippen LogP contribution in [-0.2, 0) is 15.7 Å². The number of rotatable bonds is 5. The van der Waals surface area contributed by atoms with Gasteiger partial charge < -0.3 is 4.74 Å². The molecule has 0 spiro atoms. The van der Waals surface area contributed by atoms with Crippen molar-refractivity contribution in [1.82, 2.24) is 9.80 Å². The summed E-state index contributed by atoms with van der Waals surface area (Å²) in [6, 6.07) is 5.90. The molecular formula is C22H31F3N2O2. The number of benzene rings is 1. The van der Waals surface area contributed by atoms with Gasteiger partial charge in [-0.15, -0.1) is 0 Å². The van der Waals surface area contributed by atoms with Crippen molar-refractivity contribution in [3.8, 4) is 0 Å². The number of halogens is 3. The zero-order valence-electron chi connectivity index (χ0n) is 17.6. The number of nitrogens with zero attached hydrogens (tertiary/aromatic N) is 2. The predicted octanol–water partition coefficient (Wildman–Crippen LogP) is 4.50. The van der Waals surface area contributed by atoms with Crippen LogP contribution in [0.15, 0.2) is 24.3 Å². The van der Waals surface area contributed by atoms with Crippen molar-refractivity contribution in [3.05, 3.63) is 35.4 Å². The topological polar surface area (TPSA) is 32.8 Å². The van der Waals surface area contributed by atoms with E-state index in [2.05, 4.69) is 16.7 Å². The predicted molar refractivity (Wildman–Crippen MR) is 105 cm³/mol. The van der Waals surface area contributed by atoms with Crippen molar-refractivity contribution in [2.75, 3.05) is 26.2 Å². The molecule has 0 bridgehead atoms. The number of hydrogen-bond acceptors (Lipinski definition) is 4. The van der Waals surface area contributed by atoms with Crippen LogP contribution in [0.1, 0.15) is 57.7 Å². The van der Waals surface area contributed by atoms with Crippen LogP contribution in [0.4, 0.5) is 13.2 Å². The Morgan fingerprint density at radius 1 is 1.21 bits per heavy atom. The third-order valence-corrected chi connectivity index (χ3v) is 5.57. The van der Waals surface area contributed by atoms with Crippen molar-refractivity contribution in [2.45, 2.75) is 64.4 Å². The summed E-state index contributed by atoms with van der Waals surface area (Å²) in [4.78, 5) is 16.6. The molecule has 3 rings (SSSR count). The maximum atomic E-state index is 13.2. The number of hydrogen-bond donors (Lipinski definition) is 0. The Kier molecular flexibility index (Phi) is 6.30. The van der Waals surface area contributed by atoms with Gasteiger partial charge in [0.25, 0.3) is 0 Å². The lowest BCUT2D eigenvalue weighted by molar-refractivity contribution is -0.157. The molecule has 2 aliphatic rings. The number of carbonyl (C=O) groups is 1. The average Bonchev–Trinajstić information content (AvgIpc) is 3.40. The van der Waals surface area contributed by atoms with E-state index in [0.29, 0.717) is 12.5 Å². The highest BCUT2D eigenvalue weighted by Crippen LogP contribution is 2.46. The Morgan fingerprint density at radius 2 is 1.90 bits per heavy atom. The second-order valence-corrected chi connectivity index (χ2v) is 9.31. The Bertz CT molecular complexity index is 726. The first-order valence-corrected chi connectivity index (χ1v) is 10.3. The summed E-state index contributed by atoms with van der Waals surface area (Å²) in [5, 5.41) is 0. The molecule has 1 saturated heterocycles. The number of carbonyl (C=O) groups excluding carboxylic acids is 1. The van der Waals surface area contributed by atoms with Crippen LogP contribution in [0, 0.1) is 5.92 Å². The lowest BCUT2D eigenvalue weighted by Crippen LogP contribution is -2.54. The molecule has 162 valence electrons. The molecule has 2 atom stereocenters. The third kappa shape index (κ3) is 5.95. The standard InChI is InChI=1S/C22H31F3N2O2/c1-15-13-27(11-10-26(15)14-19(28)29-21(2,3)4)20(16-8-9-16)17-6-5-7-18(12-17)22(23,24)25/h5-7,12,15-16,20H,8-11,13-14H2,1-4H3. The van der Waals surface area contributed by atoms with E-state index in [9.17, 15) is 18.0 Å². The van der Waals surface area contributed by atoms with Crippen LogP contribution in [0.2, 0.25) is 0 Å². The van der Waals surface area contributed by atoms with E-state index in [1.54, 1.807) is 0 Å². The molecule has 1 heterocycles. The second kappa shape index (κ2) is 8.26. The number of alkyl halides is 3. The second-order valence-electron chi connectivity index (χ2n) is 9.31. The van der Waals surface area contributed by atoms with E-state index >= 15 is 0 Å². The van der Waals surface area contributed by atoms with Gasteiger partial charge in [-0.25, -0.2) is 0 Å². The van der Waals surface area contributed by atoms with Crippen LogP contribution in [-0.4, -0.2) is 53.6 Å². The van der Waals surface area contributed by atoms with Gasteiger partial charge in [0.15, 0.2) is 0 Å². The Hall–Kier alpha value is -1.60. The molecule has 0 amide bonds.